The predicted octanol–water partition coefficient (Wildman–Crippen LogP) is 4.67. The van der Waals surface area contributed by atoms with Gasteiger partial charge >= 0.3 is 0 Å². The average Bonchev–Trinajstić information content (AvgIpc) is 2.65. The van der Waals surface area contributed by atoms with Crippen molar-refractivity contribution in [2.45, 2.75) is 12.8 Å². The Morgan fingerprint density at radius 1 is 1.00 bits per heavy atom. The van der Waals surface area contributed by atoms with E-state index in [0.717, 1.165) is 11.6 Å². The molecular formula is C20H17F2N3O. The molecule has 3 aromatic rings. The lowest BCUT2D eigenvalue weighted by Crippen LogP contribution is -2.13. The summed E-state index contributed by atoms with van der Waals surface area (Å²) >= 11 is 0. The molecule has 1 amide bonds. The molecule has 0 aliphatic carbocycles. The summed E-state index contributed by atoms with van der Waals surface area (Å²) in [6.07, 6.45) is 2.47. The Hall–Kier alpha value is -3.28. The molecule has 0 saturated carbocycles. The molecular weight excluding hydrogens is 336 g/mol. The number of hydrogen-bond acceptors (Lipinski definition) is 3. The molecule has 0 spiro atoms. The molecule has 0 bridgehead atoms. The number of anilines is 3. The summed E-state index contributed by atoms with van der Waals surface area (Å²) in [5.74, 6) is -1.05. The molecule has 0 aliphatic heterocycles. The minimum absolute atomic E-state index is 0.133. The highest BCUT2D eigenvalue weighted by Crippen LogP contribution is 2.21. The molecule has 3 rings (SSSR count). The first-order valence-corrected chi connectivity index (χ1v) is 8.12. The summed E-state index contributed by atoms with van der Waals surface area (Å²) in [6.45, 7) is 0. The van der Waals surface area contributed by atoms with Crippen molar-refractivity contribution in [2.75, 3.05) is 10.6 Å². The molecule has 4 nitrogen and oxygen atoms in total. The second kappa shape index (κ2) is 8.20. The van der Waals surface area contributed by atoms with Crippen molar-refractivity contribution in [1.29, 1.82) is 0 Å². The molecule has 0 fully saturated rings. The molecule has 2 aromatic carbocycles. The van der Waals surface area contributed by atoms with Gasteiger partial charge in [0, 0.05) is 12.5 Å². The number of pyridine rings is 1. The van der Waals surface area contributed by atoms with Crippen molar-refractivity contribution in [3.8, 4) is 0 Å². The van der Waals surface area contributed by atoms with Gasteiger partial charge in [0.2, 0.25) is 5.91 Å². The first-order valence-electron chi connectivity index (χ1n) is 8.12. The Morgan fingerprint density at radius 2 is 1.81 bits per heavy atom. The SMILES string of the molecule is O=C(CCc1ccccc1)Nc1ccc(Nc2ccc(F)cc2F)cn1. The van der Waals surface area contributed by atoms with Crippen LogP contribution in [0.25, 0.3) is 0 Å². The van der Waals surface area contributed by atoms with E-state index >= 15 is 0 Å². The van der Waals surface area contributed by atoms with Gasteiger partial charge in [-0.15, -0.1) is 0 Å². The standard InChI is InChI=1S/C20H17F2N3O/c21-15-7-9-18(17(22)12-15)24-16-8-10-19(23-13-16)25-20(26)11-6-14-4-2-1-3-5-14/h1-5,7-10,12-13,24H,6,11H2,(H,23,25,26). The van der Waals surface area contributed by atoms with Crippen LogP contribution in [-0.2, 0) is 11.2 Å². The van der Waals surface area contributed by atoms with E-state index in [1.54, 1.807) is 12.1 Å². The molecule has 1 heterocycles. The van der Waals surface area contributed by atoms with Crippen molar-refractivity contribution in [1.82, 2.24) is 4.98 Å². The molecule has 6 heteroatoms. The highest BCUT2D eigenvalue weighted by atomic mass is 19.1. The van der Waals surface area contributed by atoms with Crippen LogP contribution in [0, 0.1) is 11.6 Å². The number of benzene rings is 2. The number of nitrogens with zero attached hydrogens (tertiary/aromatic N) is 1. The fourth-order valence-corrected chi connectivity index (χ4v) is 2.40. The lowest BCUT2D eigenvalue weighted by molar-refractivity contribution is -0.116. The minimum atomic E-state index is -0.691. The number of aryl methyl sites for hydroxylation is 1. The van der Waals surface area contributed by atoms with Crippen LogP contribution in [-0.4, -0.2) is 10.9 Å². The Morgan fingerprint density at radius 3 is 2.50 bits per heavy atom. The van der Waals surface area contributed by atoms with E-state index in [0.29, 0.717) is 24.3 Å². The van der Waals surface area contributed by atoms with Crippen LogP contribution in [0.1, 0.15) is 12.0 Å². The molecule has 1 aromatic heterocycles. The molecule has 0 saturated heterocycles. The number of halogens is 2. The van der Waals surface area contributed by atoms with Crippen LogP contribution in [0.3, 0.4) is 0 Å². The Kier molecular flexibility index (Phi) is 5.53. The first kappa shape index (κ1) is 17.5. The fourth-order valence-electron chi connectivity index (χ4n) is 2.40. The van der Waals surface area contributed by atoms with Gasteiger partial charge in [-0.3, -0.25) is 4.79 Å². The Balaban J connectivity index is 1.54. The van der Waals surface area contributed by atoms with Crippen LogP contribution in [0.15, 0.2) is 66.9 Å². The van der Waals surface area contributed by atoms with Gasteiger partial charge in [0.15, 0.2) is 0 Å². The van der Waals surface area contributed by atoms with E-state index in [1.807, 2.05) is 30.3 Å². The maximum Gasteiger partial charge on any atom is 0.225 e. The molecule has 0 unspecified atom stereocenters. The van der Waals surface area contributed by atoms with Crippen LogP contribution in [0.5, 0.6) is 0 Å². The van der Waals surface area contributed by atoms with Crippen molar-refractivity contribution in [3.63, 3.8) is 0 Å². The van der Waals surface area contributed by atoms with Crippen molar-refractivity contribution in [3.05, 3.63) is 84.1 Å². The third-order valence-electron chi connectivity index (χ3n) is 3.72. The topological polar surface area (TPSA) is 54.0 Å². The van der Waals surface area contributed by atoms with Crippen LogP contribution in [0.2, 0.25) is 0 Å². The van der Waals surface area contributed by atoms with E-state index in [-0.39, 0.29) is 11.6 Å². The van der Waals surface area contributed by atoms with Gasteiger partial charge in [0.25, 0.3) is 0 Å². The van der Waals surface area contributed by atoms with E-state index in [9.17, 15) is 13.6 Å². The van der Waals surface area contributed by atoms with Crippen molar-refractivity contribution < 1.29 is 13.6 Å². The van der Waals surface area contributed by atoms with Gasteiger partial charge in [-0.05, 0) is 36.2 Å². The largest absolute Gasteiger partial charge is 0.352 e. The normalized spacial score (nSPS) is 10.4. The summed E-state index contributed by atoms with van der Waals surface area (Å²) in [5, 5.41) is 5.53. The van der Waals surface area contributed by atoms with E-state index < -0.39 is 11.6 Å². The number of hydrogen-bond donors (Lipinski definition) is 2. The zero-order valence-corrected chi connectivity index (χ0v) is 13.9. The zero-order chi connectivity index (χ0) is 18.4. The summed E-state index contributed by atoms with van der Waals surface area (Å²) in [4.78, 5) is 16.1. The van der Waals surface area contributed by atoms with E-state index in [4.69, 9.17) is 0 Å². The summed E-state index contributed by atoms with van der Waals surface area (Å²) < 4.78 is 26.5. The molecule has 0 radical (unpaired) electrons. The first-order chi connectivity index (χ1) is 12.6. The number of nitrogens with one attached hydrogen (secondary N) is 2. The average molecular weight is 353 g/mol. The maximum atomic E-state index is 13.6. The molecule has 26 heavy (non-hydrogen) atoms. The second-order valence-corrected chi connectivity index (χ2v) is 5.72. The number of aromatic nitrogens is 1. The molecule has 0 aliphatic rings. The summed E-state index contributed by atoms with van der Waals surface area (Å²) in [7, 11) is 0. The Labute approximate surface area is 149 Å². The lowest BCUT2D eigenvalue weighted by Gasteiger charge is -2.09. The van der Waals surface area contributed by atoms with Crippen molar-refractivity contribution >= 4 is 23.1 Å². The Bertz CT molecular complexity index is 883. The monoisotopic (exact) mass is 353 g/mol. The maximum absolute atomic E-state index is 13.6. The predicted molar refractivity (Wildman–Crippen MR) is 97.3 cm³/mol. The lowest BCUT2D eigenvalue weighted by atomic mass is 10.1. The van der Waals surface area contributed by atoms with Crippen LogP contribution < -0.4 is 10.6 Å². The third-order valence-corrected chi connectivity index (χ3v) is 3.72. The summed E-state index contributed by atoms with van der Waals surface area (Å²) in [6, 6.07) is 16.3. The smallest absolute Gasteiger partial charge is 0.225 e. The van der Waals surface area contributed by atoms with E-state index in [1.165, 1.54) is 18.3 Å². The number of rotatable bonds is 6. The van der Waals surface area contributed by atoms with Gasteiger partial charge in [0.1, 0.15) is 17.5 Å². The van der Waals surface area contributed by atoms with Crippen molar-refractivity contribution in [2.24, 2.45) is 0 Å². The quantitative estimate of drug-likeness (QED) is 0.677. The van der Waals surface area contributed by atoms with Crippen LogP contribution in [0.4, 0.5) is 26.0 Å². The summed E-state index contributed by atoms with van der Waals surface area (Å²) in [5.41, 5.74) is 1.77. The third kappa shape index (κ3) is 4.86. The van der Waals surface area contributed by atoms with Gasteiger partial charge in [-0.2, -0.15) is 0 Å². The molecule has 0 atom stereocenters. The number of amides is 1. The van der Waals surface area contributed by atoms with Gasteiger partial charge in [0.05, 0.1) is 17.6 Å². The fraction of sp³-hybridized carbons (Fsp3) is 0.100. The second-order valence-electron chi connectivity index (χ2n) is 5.72. The number of carbonyl (C=O) groups excluding carboxylic acids is 1. The highest BCUT2D eigenvalue weighted by molar-refractivity contribution is 5.90. The molecule has 2 N–H and O–H groups in total. The highest BCUT2D eigenvalue weighted by Gasteiger charge is 2.06. The van der Waals surface area contributed by atoms with Gasteiger partial charge in [-0.25, -0.2) is 13.8 Å². The zero-order valence-electron chi connectivity index (χ0n) is 13.9. The number of carbonyl (C=O) groups is 1. The minimum Gasteiger partial charge on any atom is -0.352 e. The van der Waals surface area contributed by atoms with E-state index in [2.05, 4.69) is 15.6 Å². The van der Waals surface area contributed by atoms with Gasteiger partial charge < -0.3 is 10.6 Å². The van der Waals surface area contributed by atoms with Gasteiger partial charge in [-0.1, -0.05) is 30.3 Å². The molecule has 132 valence electrons. The van der Waals surface area contributed by atoms with Crippen LogP contribution >= 0.6 is 0 Å².